The molecule has 15 nitrogen and oxygen atoms in total. The summed E-state index contributed by atoms with van der Waals surface area (Å²) in [6.07, 6.45) is -8.03. The fraction of sp³-hybridized carbons (Fsp3) is 0.917. The number of carbonyl (C=O) groups is 2. The number of hydrogen-bond donors (Lipinski definition) is 13. The van der Waals surface area contributed by atoms with Crippen LogP contribution in [0, 0.1) is 0 Å². The molecule has 0 aromatic heterocycles. The molecule has 0 aliphatic rings. The molecule has 0 heterocycles. The third kappa shape index (κ3) is 15.8. The van der Waals surface area contributed by atoms with Crippen molar-refractivity contribution in [2.75, 3.05) is 39.4 Å². The Kier molecular flexibility index (Phi) is 21.4. The molecule has 0 aromatic rings. The summed E-state index contributed by atoms with van der Waals surface area (Å²) in [7, 11) is 0. The lowest BCUT2D eigenvalue weighted by Crippen LogP contribution is -2.51. The maximum atomic E-state index is 11.8. The molecule has 0 aromatic carbocycles. The van der Waals surface area contributed by atoms with E-state index in [-0.39, 0.29) is 13.1 Å². The van der Waals surface area contributed by atoms with Gasteiger partial charge in [0.25, 0.3) is 11.8 Å². The summed E-state index contributed by atoms with van der Waals surface area (Å²) in [5.41, 5.74) is 0. The summed E-state index contributed by atoms with van der Waals surface area (Å²) in [5, 5.41) is 102. The van der Waals surface area contributed by atoms with E-state index in [1.165, 1.54) is 0 Å². The molecular weight excluding hydrogens is 522 g/mol. The molecule has 2 amide bonds. The monoisotopic (exact) mass is 571 g/mol. The maximum Gasteiger partial charge on any atom is 0.251 e. The molecule has 0 fully saturated rings. The Hall–Kier alpha value is -1.50. The predicted molar refractivity (Wildman–Crippen MR) is 138 cm³/mol. The van der Waals surface area contributed by atoms with E-state index >= 15 is 0 Å². The number of aliphatic hydroxyl groups excluding tert-OH is 10. The van der Waals surface area contributed by atoms with Crippen LogP contribution >= 0.6 is 0 Å². The Balaban J connectivity index is 3.66. The fourth-order valence-corrected chi connectivity index (χ4v) is 3.57. The molecule has 232 valence electrons. The van der Waals surface area contributed by atoms with Crippen LogP contribution in [-0.4, -0.2) is 151 Å². The highest BCUT2D eigenvalue weighted by molar-refractivity contribution is 5.81. The van der Waals surface area contributed by atoms with Crippen LogP contribution in [0.15, 0.2) is 0 Å². The second-order valence-corrected chi connectivity index (χ2v) is 9.51. The quantitative estimate of drug-likeness (QED) is 0.0483. The van der Waals surface area contributed by atoms with Gasteiger partial charge in [0, 0.05) is 13.1 Å². The number of rotatable bonds is 24. The third-order valence-electron chi connectivity index (χ3n) is 6.21. The number of unbranched alkanes of at least 4 members (excludes halogenated alkanes) is 6. The predicted octanol–water partition coefficient (Wildman–Crippen LogP) is -5.20. The molecule has 39 heavy (non-hydrogen) atoms. The summed E-state index contributed by atoms with van der Waals surface area (Å²) in [6, 6.07) is 0. The van der Waals surface area contributed by atoms with Crippen molar-refractivity contribution in [2.45, 2.75) is 100 Å². The Labute approximate surface area is 228 Å². The topological polar surface area (TPSA) is 273 Å². The molecule has 0 radical (unpaired) electrons. The van der Waals surface area contributed by atoms with Crippen molar-refractivity contribution in [2.24, 2.45) is 0 Å². The molecule has 0 spiro atoms. The van der Waals surface area contributed by atoms with Crippen LogP contribution in [0.2, 0.25) is 0 Å². The summed E-state index contributed by atoms with van der Waals surface area (Å²) in [5.74, 6) is -1.75. The van der Waals surface area contributed by atoms with Crippen molar-refractivity contribution in [3.05, 3.63) is 0 Å². The standard InChI is InChI=1S/C24H49N3O12/c28-13-15(30)17(32)19(34)21(36)23(38)26-11-7-3-1-5-9-25-10-6-2-4-8-12-27-24(39)22(37)20(35)18(33)16(31)14-29/h15-22,25,28-37H,1-14H2,(H,26,38)(H,27,39)/t15-,16-,17-,18-,19+,20+,21-,22-/m1/s1. The molecule has 13 N–H and O–H groups in total. The Morgan fingerprint density at radius 1 is 0.462 bits per heavy atom. The molecular formula is C24H49N3O12. The van der Waals surface area contributed by atoms with Crippen molar-refractivity contribution in [3.8, 4) is 0 Å². The molecule has 0 bridgehead atoms. The van der Waals surface area contributed by atoms with Gasteiger partial charge in [-0.1, -0.05) is 25.7 Å². The van der Waals surface area contributed by atoms with Crippen LogP contribution in [0.1, 0.15) is 51.4 Å². The summed E-state index contributed by atoms with van der Waals surface area (Å²) in [4.78, 5) is 23.6. The number of amides is 2. The van der Waals surface area contributed by atoms with Crippen molar-refractivity contribution in [1.29, 1.82) is 0 Å². The number of nitrogens with one attached hydrogen (secondary N) is 3. The molecule has 0 saturated carbocycles. The van der Waals surface area contributed by atoms with Crippen LogP contribution in [0.25, 0.3) is 0 Å². The average Bonchev–Trinajstić information content (AvgIpc) is 2.95. The molecule has 0 aliphatic heterocycles. The van der Waals surface area contributed by atoms with Crippen LogP contribution in [0.5, 0.6) is 0 Å². The van der Waals surface area contributed by atoms with Crippen LogP contribution in [0.4, 0.5) is 0 Å². The molecule has 0 saturated heterocycles. The average molecular weight is 572 g/mol. The highest BCUT2D eigenvalue weighted by atomic mass is 16.4. The molecule has 0 aliphatic carbocycles. The van der Waals surface area contributed by atoms with Gasteiger partial charge in [0.1, 0.15) is 36.6 Å². The zero-order chi connectivity index (χ0) is 29.8. The SMILES string of the molecule is O=C(NCCCCCCNCCCCCCNC(=O)[C@H](O)[C@@H](O)[C@H](O)[C@H](O)CO)[C@H](O)[C@@H](O)[C@H](O)[C@H](O)CO. The zero-order valence-electron chi connectivity index (χ0n) is 22.3. The maximum absolute atomic E-state index is 11.8. The lowest BCUT2D eigenvalue weighted by atomic mass is 10.0. The van der Waals surface area contributed by atoms with E-state index in [1.54, 1.807) is 0 Å². The van der Waals surface area contributed by atoms with Gasteiger partial charge in [-0.3, -0.25) is 9.59 Å². The van der Waals surface area contributed by atoms with Crippen molar-refractivity contribution in [3.63, 3.8) is 0 Å². The number of hydrogen-bond acceptors (Lipinski definition) is 13. The minimum absolute atomic E-state index is 0.281. The first-order chi connectivity index (χ1) is 18.5. The van der Waals surface area contributed by atoms with Gasteiger partial charge in [0.05, 0.1) is 13.2 Å². The third-order valence-corrected chi connectivity index (χ3v) is 6.21. The zero-order valence-corrected chi connectivity index (χ0v) is 22.3. The van der Waals surface area contributed by atoms with Crippen molar-refractivity contribution in [1.82, 2.24) is 16.0 Å². The van der Waals surface area contributed by atoms with Crippen LogP contribution in [0.3, 0.4) is 0 Å². The summed E-state index contributed by atoms with van der Waals surface area (Å²) in [6.45, 7) is 0.576. The smallest absolute Gasteiger partial charge is 0.251 e. The number of aliphatic hydroxyl groups is 10. The highest BCUT2D eigenvalue weighted by Gasteiger charge is 2.34. The second-order valence-electron chi connectivity index (χ2n) is 9.51. The minimum Gasteiger partial charge on any atom is -0.394 e. The Bertz CT molecular complexity index is 595. The second kappa shape index (κ2) is 22.2. The van der Waals surface area contributed by atoms with E-state index in [2.05, 4.69) is 16.0 Å². The number of carbonyl (C=O) groups excluding carboxylic acids is 2. The van der Waals surface area contributed by atoms with Gasteiger partial charge in [-0.15, -0.1) is 0 Å². The van der Waals surface area contributed by atoms with Gasteiger partial charge in [-0.2, -0.15) is 0 Å². The van der Waals surface area contributed by atoms with Crippen molar-refractivity contribution >= 4 is 11.8 Å². The Morgan fingerprint density at radius 2 is 0.769 bits per heavy atom. The van der Waals surface area contributed by atoms with E-state index in [9.17, 15) is 50.4 Å². The minimum atomic E-state index is -1.93. The first kappa shape index (κ1) is 37.5. The fourth-order valence-electron chi connectivity index (χ4n) is 3.57. The first-order valence-electron chi connectivity index (χ1n) is 13.4. The van der Waals surface area contributed by atoms with E-state index < -0.39 is 73.9 Å². The molecule has 0 rings (SSSR count). The Morgan fingerprint density at radius 3 is 1.08 bits per heavy atom. The van der Waals surface area contributed by atoms with Gasteiger partial charge in [0.15, 0.2) is 12.2 Å². The summed E-state index contributed by atoms with van der Waals surface area (Å²) >= 11 is 0. The van der Waals surface area contributed by atoms with E-state index in [0.717, 1.165) is 51.6 Å². The molecule has 15 heteroatoms. The first-order valence-corrected chi connectivity index (χ1v) is 13.4. The van der Waals surface area contributed by atoms with Gasteiger partial charge in [-0.25, -0.2) is 0 Å². The lowest BCUT2D eigenvalue weighted by molar-refractivity contribution is -0.149. The lowest BCUT2D eigenvalue weighted by Gasteiger charge is -2.24. The normalized spacial score (nSPS) is 17.9. The van der Waals surface area contributed by atoms with Gasteiger partial charge in [0.2, 0.25) is 0 Å². The van der Waals surface area contributed by atoms with Gasteiger partial charge >= 0.3 is 0 Å². The molecule has 8 atom stereocenters. The van der Waals surface area contributed by atoms with Gasteiger partial charge in [-0.05, 0) is 38.8 Å². The van der Waals surface area contributed by atoms with Crippen molar-refractivity contribution < 1.29 is 60.7 Å². The van der Waals surface area contributed by atoms with Crippen LogP contribution < -0.4 is 16.0 Å². The van der Waals surface area contributed by atoms with Crippen LogP contribution in [-0.2, 0) is 9.59 Å². The largest absolute Gasteiger partial charge is 0.394 e. The summed E-state index contributed by atoms with van der Waals surface area (Å²) < 4.78 is 0. The van der Waals surface area contributed by atoms with E-state index in [1.807, 2.05) is 0 Å². The van der Waals surface area contributed by atoms with Gasteiger partial charge < -0.3 is 67.0 Å². The van der Waals surface area contributed by atoms with E-state index in [4.69, 9.17) is 10.2 Å². The van der Waals surface area contributed by atoms with E-state index in [0.29, 0.717) is 12.8 Å². The molecule has 0 unspecified atom stereocenters. The highest BCUT2D eigenvalue weighted by Crippen LogP contribution is 2.07.